The fourth-order valence-electron chi connectivity index (χ4n) is 3.48. The Hall–Kier alpha value is -1.86. The monoisotopic (exact) mass is 347 g/mol. The van der Waals surface area contributed by atoms with Crippen LogP contribution in [0.25, 0.3) is 0 Å². The summed E-state index contributed by atoms with van der Waals surface area (Å²) in [6, 6.07) is 5.11. The molecule has 1 N–H and O–H groups in total. The van der Waals surface area contributed by atoms with Crippen LogP contribution in [0.1, 0.15) is 24.7 Å². The molecule has 0 fully saturated rings. The molecule has 0 unspecified atom stereocenters. The maximum Gasteiger partial charge on any atom is 0.240 e. The largest absolute Gasteiger partial charge is 0.490 e. The third kappa shape index (κ3) is 2.93. The second-order valence-corrected chi connectivity index (χ2v) is 8.42. The van der Waals surface area contributed by atoms with E-state index in [-0.39, 0.29) is 6.10 Å². The minimum Gasteiger partial charge on any atom is -0.490 e. The van der Waals surface area contributed by atoms with E-state index in [1.54, 1.807) is 24.4 Å². The normalized spacial score (nSPS) is 22.7. The van der Waals surface area contributed by atoms with E-state index < -0.39 is 10.0 Å². The van der Waals surface area contributed by atoms with Gasteiger partial charge in [-0.2, -0.15) is 0 Å². The van der Waals surface area contributed by atoms with E-state index in [0.29, 0.717) is 17.4 Å². The number of aromatic nitrogens is 2. The van der Waals surface area contributed by atoms with Gasteiger partial charge in [-0.15, -0.1) is 0 Å². The van der Waals surface area contributed by atoms with Crippen LogP contribution in [0.15, 0.2) is 35.5 Å². The van der Waals surface area contributed by atoms with Gasteiger partial charge in [0.1, 0.15) is 17.7 Å². The first-order chi connectivity index (χ1) is 11.5. The Kier molecular flexibility index (Phi) is 3.85. The van der Waals surface area contributed by atoms with Gasteiger partial charge in [0.15, 0.2) is 0 Å². The molecule has 0 saturated carbocycles. The molecule has 4 rings (SSSR count). The van der Waals surface area contributed by atoms with E-state index in [0.717, 1.165) is 42.9 Å². The Morgan fingerprint density at radius 3 is 3.17 bits per heavy atom. The molecule has 0 amide bonds. The standard InChI is InChI=1S/C17H21N3O3S/c1-12-8-14-9-15(3-4-16(14)23-12)24(21,22)19-10-13-2-5-17-18-6-7-20(17)11-13/h3-4,6-7,9,12-13,19H,2,5,8,10-11H2,1H3/t12-,13+/m0/s1. The fraction of sp³-hybridized carbons (Fsp3) is 0.471. The molecule has 2 aliphatic rings. The molecule has 2 aromatic rings. The zero-order valence-electron chi connectivity index (χ0n) is 13.6. The predicted molar refractivity (Wildman–Crippen MR) is 89.5 cm³/mol. The first-order valence-electron chi connectivity index (χ1n) is 8.30. The van der Waals surface area contributed by atoms with Crippen molar-refractivity contribution in [2.75, 3.05) is 6.54 Å². The van der Waals surface area contributed by atoms with Gasteiger partial charge in [0.05, 0.1) is 4.90 Å². The Morgan fingerprint density at radius 2 is 2.29 bits per heavy atom. The molecule has 0 radical (unpaired) electrons. The van der Waals surface area contributed by atoms with Gasteiger partial charge < -0.3 is 9.30 Å². The Bertz CT molecular complexity index is 860. The van der Waals surface area contributed by atoms with Gasteiger partial charge in [0.2, 0.25) is 10.0 Å². The van der Waals surface area contributed by atoms with Crippen molar-refractivity contribution in [2.45, 2.75) is 43.7 Å². The average Bonchev–Trinajstić information content (AvgIpc) is 3.16. The second kappa shape index (κ2) is 5.89. The summed E-state index contributed by atoms with van der Waals surface area (Å²) >= 11 is 0. The van der Waals surface area contributed by atoms with Crippen LogP contribution in [-0.2, 0) is 29.4 Å². The predicted octanol–water partition coefficient (Wildman–Crippen LogP) is 1.75. The number of hydrogen-bond donors (Lipinski definition) is 1. The van der Waals surface area contributed by atoms with Crippen LogP contribution >= 0.6 is 0 Å². The molecular weight excluding hydrogens is 326 g/mol. The Morgan fingerprint density at radius 1 is 1.42 bits per heavy atom. The summed E-state index contributed by atoms with van der Waals surface area (Å²) in [6.07, 6.45) is 6.47. The highest BCUT2D eigenvalue weighted by Crippen LogP contribution is 2.30. The number of ether oxygens (including phenoxy) is 1. The molecule has 128 valence electrons. The van der Waals surface area contributed by atoms with Gasteiger partial charge in [-0.1, -0.05) is 0 Å². The summed E-state index contributed by atoms with van der Waals surface area (Å²) in [5.74, 6) is 2.17. The number of nitrogens with one attached hydrogen (secondary N) is 1. The lowest BCUT2D eigenvalue weighted by atomic mass is 10.00. The topological polar surface area (TPSA) is 73.2 Å². The number of benzene rings is 1. The second-order valence-electron chi connectivity index (χ2n) is 6.65. The molecule has 2 aliphatic heterocycles. The average molecular weight is 347 g/mol. The SMILES string of the molecule is C[C@H]1Cc2cc(S(=O)(=O)NC[C@H]3CCc4nccn4C3)ccc2O1. The van der Waals surface area contributed by atoms with Crippen molar-refractivity contribution in [2.24, 2.45) is 5.92 Å². The van der Waals surface area contributed by atoms with E-state index in [4.69, 9.17) is 4.74 Å². The van der Waals surface area contributed by atoms with Crippen LogP contribution < -0.4 is 9.46 Å². The van der Waals surface area contributed by atoms with E-state index in [9.17, 15) is 8.42 Å². The Labute approximate surface area is 141 Å². The van der Waals surface area contributed by atoms with Crippen molar-refractivity contribution < 1.29 is 13.2 Å². The first-order valence-corrected chi connectivity index (χ1v) is 9.79. The summed E-state index contributed by atoms with van der Waals surface area (Å²) in [7, 11) is -3.49. The summed E-state index contributed by atoms with van der Waals surface area (Å²) in [6.45, 7) is 3.25. The molecule has 3 heterocycles. The minimum absolute atomic E-state index is 0.109. The summed E-state index contributed by atoms with van der Waals surface area (Å²) in [5, 5.41) is 0. The van der Waals surface area contributed by atoms with Crippen molar-refractivity contribution in [3.8, 4) is 5.75 Å². The summed E-state index contributed by atoms with van der Waals surface area (Å²) in [5.41, 5.74) is 0.964. The van der Waals surface area contributed by atoms with E-state index in [2.05, 4.69) is 14.3 Å². The molecule has 6 nitrogen and oxygen atoms in total. The number of sulfonamides is 1. The molecule has 7 heteroatoms. The van der Waals surface area contributed by atoms with Crippen molar-refractivity contribution in [1.82, 2.24) is 14.3 Å². The van der Waals surface area contributed by atoms with Crippen LogP contribution in [0.4, 0.5) is 0 Å². The Balaban J connectivity index is 1.44. The summed E-state index contributed by atoms with van der Waals surface area (Å²) in [4.78, 5) is 4.62. The number of hydrogen-bond acceptors (Lipinski definition) is 4. The number of imidazole rings is 1. The van der Waals surface area contributed by atoms with Crippen LogP contribution in [0, 0.1) is 5.92 Å². The quantitative estimate of drug-likeness (QED) is 0.914. The van der Waals surface area contributed by atoms with Gasteiger partial charge in [-0.3, -0.25) is 0 Å². The molecule has 24 heavy (non-hydrogen) atoms. The zero-order valence-corrected chi connectivity index (χ0v) is 14.4. The smallest absolute Gasteiger partial charge is 0.240 e. The third-order valence-corrected chi connectivity index (χ3v) is 6.19. The van der Waals surface area contributed by atoms with E-state index in [1.807, 2.05) is 13.1 Å². The number of rotatable bonds is 4. The molecule has 0 spiro atoms. The maximum absolute atomic E-state index is 12.6. The zero-order chi connectivity index (χ0) is 16.7. The minimum atomic E-state index is -3.49. The molecule has 1 aromatic heterocycles. The highest BCUT2D eigenvalue weighted by Gasteiger charge is 2.24. The van der Waals surface area contributed by atoms with Crippen molar-refractivity contribution in [1.29, 1.82) is 0 Å². The van der Waals surface area contributed by atoms with Gasteiger partial charge in [0, 0.05) is 38.3 Å². The highest BCUT2D eigenvalue weighted by molar-refractivity contribution is 7.89. The van der Waals surface area contributed by atoms with Gasteiger partial charge in [-0.05, 0) is 43.0 Å². The molecule has 1 aromatic carbocycles. The van der Waals surface area contributed by atoms with Gasteiger partial charge in [0.25, 0.3) is 0 Å². The van der Waals surface area contributed by atoms with Crippen LogP contribution in [0.3, 0.4) is 0 Å². The fourth-order valence-corrected chi connectivity index (χ4v) is 4.65. The van der Waals surface area contributed by atoms with Crippen LogP contribution in [0.5, 0.6) is 5.75 Å². The van der Waals surface area contributed by atoms with E-state index in [1.165, 1.54) is 0 Å². The molecule has 2 atom stereocenters. The molecule has 0 saturated heterocycles. The maximum atomic E-state index is 12.6. The number of nitrogens with zero attached hydrogens (tertiary/aromatic N) is 2. The van der Waals surface area contributed by atoms with Crippen LogP contribution in [0.2, 0.25) is 0 Å². The van der Waals surface area contributed by atoms with Crippen molar-refractivity contribution in [3.05, 3.63) is 42.0 Å². The molecule has 0 bridgehead atoms. The van der Waals surface area contributed by atoms with Gasteiger partial charge >= 0.3 is 0 Å². The highest BCUT2D eigenvalue weighted by atomic mass is 32.2. The molecule has 0 aliphatic carbocycles. The van der Waals surface area contributed by atoms with E-state index >= 15 is 0 Å². The van der Waals surface area contributed by atoms with Crippen LogP contribution in [-0.4, -0.2) is 30.6 Å². The number of fused-ring (bicyclic) bond motifs is 2. The third-order valence-electron chi connectivity index (χ3n) is 4.77. The first kappa shape index (κ1) is 15.7. The lowest BCUT2D eigenvalue weighted by molar-refractivity contribution is 0.254. The summed E-state index contributed by atoms with van der Waals surface area (Å²) < 4.78 is 35.7. The molecular formula is C17H21N3O3S. The lowest BCUT2D eigenvalue weighted by Crippen LogP contribution is -2.33. The number of aryl methyl sites for hydroxylation is 1. The van der Waals surface area contributed by atoms with Gasteiger partial charge in [-0.25, -0.2) is 18.1 Å². The van der Waals surface area contributed by atoms with Crippen molar-refractivity contribution in [3.63, 3.8) is 0 Å². The van der Waals surface area contributed by atoms with Crippen molar-refractivity contribution >= 4 is 10.0 Å². The lowest BCUT2D eigenvalue weighted by Gasteiger charge is -2.23.